The van der Waals surface area contributed by atoms with Crippen LogP contribution in [-0.4, -0.2) is 94.2 Å². The molecule has 162 valence electrons. The quantitative estimate of drug-likeness (QED) is 0.355. The summed E-state index contributed by atoms with van der Waals surface area (Å²) in [7, 11) is -2.98. The van der Waals surface area contributed by atoms with Crippen LogP contribution in [0.1, 0.15) is 33.6 Å². The van der Waals surface area contributed by atoms with Crippen molar-refractivity contribution in [1.29, 1.82) is 0 Å². The first-order valence-electron chi connectivity index (χ1n) is 10.1. The molecule has 28 heavy (non-hydrogen) atoms. The molecule has 2 aliphatic heterocycles. The van der Waals surface area contributed by atoms with Gasteiger partial charge in [-0.1, -0.05) is 0 Å². The van der Waals surface area contributed by atoms with E-state index in [4.69, 9.17) is 4.74 Å². The minimum atomic E-state index is -2.98. The number of amides is 1. The van der Waals surface area contributed by atoms with Gasteiger partial charge >= 0.3 is 0 Å². The molecule has 0 radical (unpaired) electrons. The average Bonchev–Trinajstić information content (AvgIpc) is 2.98. The van der Waals surface area contributed by atoms with Gasteiger partial charge in [-0.15, -0.1) is 0 Å². The lowest BCUT2D eigenvalue weighted by atomic mass is 10.0. The lowest BCUT2D eigenvalue weighted by molar-refractivity contribution is -0.121. The third-order valence-corrected chi connectivity index (χ3v) is 6.85. The Morgan fingerprint density at radius 3 is 2.57 bits per heavy atom. The minimum Gasteiger partial charge on any atom is -0.379 e. The molecule has 1 amide bonds. The van der Waals surface area contributed by atoms with Crippen molar-refractivity contribution in [2.75, 3.05) is 57.4 Å². The van der Waals surface area contributed by atoms with Gasteiger partial charge in [0.2, 0.25) is 5.91 Å². The summed E-state index contributed by atoms with van der Waals surface area (Å²) >= 11 is 0. The second-order valence-corrected chi connectivity index (χ2v) is 10.2. The van der Waals surface area contributed by atoms with Crippen molar-refractivity contribution < 1.29 is 17.9 Å². The standard InChI is InChI=1S/C18H35N5O4S/c1-4-19-17(21-14-18(2,3)23-8-10-27-11-9-23)20-7-5-16(24)22-15-6-12-28(25,26)13-15/h15H,4-14H2,1-3H3,(H,22,24)(H2,19,20,21). The van der Waals surface area contributed by atoms with E-state index < -0.39 is 9.84 Å². The molecule has 0 aromatic carbocycles. The molecule has 0 spiro atoms. The fourth-order valence-corrected chi connectivity index (χ4v) is 5.06. The Hall–Kier alpha value is -1.39. The highest BCUT2D eigenvalue weighted by molar-refractivity contribution is 7.91. The van der Waals surface area contributed by atoms with Crippen molar-refractivity contribution in [3.63, 3.8) is 0 Å². The van der Waals surface area contributed by atoms with Crippen molar-refractivity contribution in [3.05, 3.63) is 0 Å². The zero-order valence-electron chi connectivity index (χ0n) is 17.3. The van der Waals surface area contributed by atoms with Crippen LogP contribution in [-0.2, 0) is 19.4 Å². The van der Waals surface area contributed by atoms with Crippen LogP contribution in [0.3, 0.4) is 0 Å². The van der Waals surface area contributed by atoms with Gasteiger partial charge < -0.3 is 20.7 Å². The molecule has 3 N–H and O–H groups in total. The van der Waals surface area contributed by atoms with Gasteiger partial charge in [-0.3, -0.25) is 14.7 Å². The van der Waals surface area contributed by atoms with E-state index in [0.29, 0.717) is 25.5 Å². The smallest absolute Gasteiger partial charge is 0.222 e. The molecule has 1 atom stereocenters. The van der Waals surface area contributed by atoms with Crippen molar-refractivity contribution in [2.24, 2.45) is 4.99 Å². The Morgan fingerprint density at radius 1 is 1.25 bits per heavy atom. The monoisotopic (exact) mass is 417 g/mol. The third kappa shape index (κ3) is 7.56. The first kappa shape index (κ1) is 22.9. The number of morpholine rings is 1. The van der Waals surface area contributed by atoms with E-state index in [1.807, 2.05) is 6.92 Å². The summed E-state index contributed by atoms with van der Waals surface area (Å²) in [6, 6.07) is -0.256. The summed E-state index contributed by atoms with van der Waals surface area (Å²) in [6.07, 6.45) is 0.774. The van der Waals surface area contributed by atoms with E-state index >= 15 is 0 Å². The number of hydrogen-bond donors (Lipinski definition) is 3. The Balaban J connectivity index is 1.76. The van der Waals surface area contributed by atoms with E-state index in [1.54, 1.807) is 0 Å². The Morgan fingerprint density at radius 2 is 1.96 bits per heavy atom. The summed E-state index contributed by atoms with van der Waals surface area (Å²) < 4.78 is 28.4. The number of carbonyl (C=O) groups is 1. The van der Waals surface area contributed by atoms with Gasteiger partial charge in [-0.25, -0.2) is 8.42 Å². The molecule has 2 saturated heterocycles. The van der Waals surface area contributed by atoms with Crippen LogP contribution in [0.5, 0.6) is 0 Å². The summed E-state index contributed by atoms with van der Waals surface area (Å²) in [4.78, 5) is 19.1. The second-order valence-electron chi connectivity index (χ2n) is 7.95. The molecular formula is C18H35N5O4S. The highest BCUT2D eigenvalue weighted by Gasteiger charge is 2.29. The molecule has 10 heteroatoms. The molecule has 1 unspecified atom stereocenters. The summed E-state index contributed by atoms with van der Waals surface area (Å²) in [6.45, 7) is 11.5. The van der Waals surface area contributed by atoms with Gasteiger partial charge in [0.1, 0.15) is 0 Å². The lowest BCUT2D eigenvalue weighted by Gasteiger charge is -2.39. The van der Waals surface area contributed by atoms with Crippen molar-refractivity contribution in [2.45, 2.75) is 45.2 Å². The molecule has 0 saturated carbocycles. The van der Waals surface area contributed by atoms with Gasteiger partial charge in [0.05, 0.1) is 31.3 Å². The highest BCUT2D eigenvalue weighted by atomic mass is 32.2. The van der Waals surface area contributed by atoms with E-state index in [9.17, 15) is 13.2 Å². The molecule has 2 rings (SSSR count). The number of rotatable bonds is 8. The largest absolute Gasteiger partial charge is 0.379 e. The fourth-order valence-electron chi connectivity index (χ4n) is 3.39. The van der Waals surface area contributed by atoms with Crippen LogP contribution in [0, 0.1) is 0 Å². The molecule has 2 aliphatic rings. The number of sulfone groups is 1. The summed E-state index contributed by atoms with van der Waals surface area (Å²) in [5, 5.41) is 9.19. The van der Waals surface area contributed by atoms with Crippen LogP contribution in [0.25, 0.3) is 0 Å². The number of nitrogens with zero attached hydrogens (tertiary/aromatic N) is 2. The number of carbonyl (C=O) groups excluding carboxylic acids is 1. The van der Waals surface area contributed by atoms with Gasteiger partial charge in [0.15, 0.2) is 15.8 Å². The number of ether oxygens (including phenoxy) is 1. The van der Waals surface area contributed by atoms with Crippen molar-refractivity contribution in [3.8, 4) is 0 Å². The highest BCUT2D eigenvalue weighted by Crippen LogP contribution is 2.16. The van der Waals surface area contributed by atoms with Gasteiger partial charge in [-0.2, -0.15) is 0 Å². The zero-order valence-corrected chi connectivity index (χ0v) is 18.1. The summed E-state index contributed by atoms with van der Waals surface area (Å²) in [5.41, 5.74) is -0.0720. The Kier molecular flexibility index (Phi) is 8.51. The average molecular weight is 418 g/mol. The number of aliphatic imine (C=N–C) groups is 1. The molecule has 0 aromatic heterocycles. The van der Waals surface area contributed by atoms with Crippen molar-refractivity contribution in [1.82, 2.24) is 20.9 Å². The van der Waals surface area contributed by atoms with Crippen LogP contribution in [0.15, 0.2) is 4.99 Å². The lowest BCUT2D eigenvalue weighted by Crippen LogP contribution is -2.52. The first-order chi connectivity index (χ1) is 13.2. The molecule has 2 fully saturated rings. The van der Waals surface area contributed by atoms with Gasteiger partial charge in [-0.05, 0) is 27.2 Å². The van der Waals surface area contributed by atoms with E-state index in [1.165, 1.54) is 0 Å². The second kappa shape index (κ2) is 10.4. The predicted molar refractivity (Wildman–Crippen MR) is 110 cm³/mol. The van der Waals surface area contributed by atoms with E-state index in [-0.39, 0.29) is 35.4 Å². The summed E-state index contributed by atoms with van der Waals surface area (Å²) in [5.74, 6) is 0.748. The minimum absolute atomic E-state index is 0.0485. The zero-order chi connectivity index (χ0) is 20.6. The maximum absolute atomic E-state index is 12.0. The van der Waals surface area contributed by atoms with Crippen LogP contribution >= 0.6 is 0 Å². The van der Waals surface area contributed by atoms with Gasteiger partial charge in [0, 0.05) is 44.2 Å². The molecule has 9 nitrogen and oxygen atoms in total. The van der Waals surface area contributed by atoms with Crippen molar-refractivity contribution >= 4 is 21.7 Å². The molecule has 2 heterocycles. The first-order valence-corrected chi connectivity index (χ1v) is 11.9. The number of hydrogen-bond acceptors (Lipinski definition) is 6. The maximum atomic E-state index is 12.0. The normalized spacial score (nSPS) is 23.4. The molecular weight excluding hydrogens is 382 g/mol. The molecule has 0 bridgehead atoms. The molecule has 0 aromatic rings. The topological polar surface area (TPSA) is 112 Å². The van der Waals surface area contributed by atoms with E-state index in [2.05, 4.69) is 39.7 Å². The number of nitrogens with one attached hydrogen (secondary N) is 3. The van der Waals surface area contributed by atoms with Crippen LogP contribution in [0.4, 0.5) is 0 Å². The predicted octanol–water partition coefficient (Wildman–Crippen LogP) is -0.654. The number of guanidine groups is 1. The van der Waals surface area contributed by atoms with Crippen LogP contribution < -0.4 is 16.0 Å². The maximum Gasteiger partial charge on any atom is 0.222 e. The van der Waals surface area contributed by atoms with E-state index in [0.717, 1.165) is 32.8 Å². The molecule has 0 aliphatic carbocycles. The SMILES string of the molecule is CCNC(=NCC(C)(C)N1CCOCC1)NCCC(=O)NC1CCS(=O)(=O)C1. The Labute approximate surface area is 168 Å². The fraction of sp³-hybridized carbons (Fsp3) is 0.889. The third-order valence-electron chi connectivity index (χ3n) is 5.08. The van der Waals surface area contributed by atoms with Crippen LogP contribution in [0.2, 0.25) is 0 Å². The Bertz CT molecular complexity index is 644. The van der Waals surface area contributed by atoms with Gasteiger partial charge in [0.25, 0.3) is 0 Å².